The molecular weight excluding hydrogens is 507 g/mol. The van der Waals surface area contributed by atoms with E-state index in [4.69, 9.17) is 0 Å². The number of piperidine rings is 1. The number of rotatable bonds is 5. The van der Waals surface area contributed by atoms with Crippen LogP contribution in [-0.2, 0) is 14.8 Å². The summed E-state index contributed by atoms with van der Waals surface area (Å²) in [4.78, 5) is 14.0. The van der Waals surface area contributed by atoms with E-state index < -0.39 is 10.0 Å². The first kappa shape index (κ1) is 21.6. The highest BCUT2D eigenvalue weighted by atomic mass is 127. The second kappa shape index (κ2) is 9.15. The molecule has 0 aliphatic carbocycles. The molecule has 1 aliphatic rings. The summed E-state index contributed by atoms with van der Waals surface area (Å²) < 4.78 is 28.3. The Morgan fingerprint density at radius 2 is 1.79 bits per heavy atom. The maximum Gasteiger partial charge on any atom is 0.243 e. The van der Waals surface area contributed by atoms with Crippen LogP contribution in [0.5, 0.6) is 0 Å². The molecule has 1 heterocycles. The Hall–Kier alpha value is -1.10. The van der Waals surface area contributed by atoms with E-state index in [1.807, 2.05) is 43.5 Å². The van der Waals surface area contributed by atoms with E-state index in [0.29, 0.717) is 30.8 Å². The van der Waals surface area contributed by atoms with Crippen LogP contribution in [0, 0.1) is 16.4 Å². The van der Waals surface area contributed by atoms with Gasteiger partial charge < -0.3 is 5.32 Å². The van der Waals surface area contributed by atoms with E-state index in [0.717, 1.165) is 19.7 Å². The second-order valence-corrected chi connectivity index (χ2v) is 10.9. The minimum absolute atomic E-state index is 0.0364. The van der Waals surface area contributed by atoms with Crippen molar-refractivity contribution in [2.75, 3.05) is 24.7 Å². The summed E-state index contributed by atoms with van der Waals surface area (Å²) in [5.74, 6) is -0.213. The van der Waals surface area contributed by atoms with Gasteiger partial charge in [-0.15, -0.1) is 11.8 Å². The molecule has 0 saturated carbocycles. The normalized spacial score (nSPS) is 16.1. The number of amides is 1. The highest BCUT2D eigenvalue weighted by Gasteiger charge is 2.32. The largest absolute Gasteiger partial charge is 0.326 e. The van der Waals surface area contributed by atoms with Crippen molar-refractivity contribution in [3.8, 4) is 0 Å². The van der Waals surface area contributed by atoms with Crippen molar-refractivity contribution in [3.63, 3.8) is 0 Å². The fourth-order valence-electron chi connectivity index (χ4n) is 3.26. The Labute approximate surface area is 184 Å². The third-order valence-electron chi connectivity index (χ3n) is 4.97. The second-order valence-electron chi connectivity index (χ2n) is 6.80. The highest BCUT2D eigenvalue weighted by Crippen LogP contribution is 2.27. The van der Waals surface area contributed by atoms with Crippen LogP contribution in [0.3, 0.4) is 0 Å². The minimum Gasteiger partial charge on any atom is -0.326 e. The summed E-state index contributed by atoms with van der Waals surface area (Å²) in [6.07, 6.45) is 3.01. The molecule has 0 bridgehead atoms. The number of nitrogens with zero attached hydrogens (tertiary/aromatic N) is 1. The van der Waals surface area contributed by atoms with E-state index in [2.05, 4.69) is 27.9 Å². The average molecular weight is 530 g/mol. The first-order valence-electron chi connectivity index (χ1n) is 9.02. The summed E-state index contributed by atoms with van der Waals surface area (Å²) in [6, 6.07) is 12.8. The van der Waals surface area contributed by atoms with Gasteiger partial charge in [0, 0.05) is 33.2 Å². The minimum atomic E-state index is -3.51. The zero-order chi connectivity index (χ0) is 20.3. The number of nitrogens with one attached hydrogen (secondary N) is 1. The molecule has 0 unspecified atom stereocenters. The van der Waals surface area contributed by atoms with Crippen LogP contribution in [0.4, 0.5) is 5.69 Å². The first-order chi connectivity index (χ1) is 13.3. The summed E-state index contributed by atoms with van der Waals surface area (Å²) in [6.45, 7) is 2.68. The van der Waals surface area contributed by atoms with Gasteiger partial charge in [0.2, 0.25) is 15.9 Å². The average Bonchev–Trinajstić information content (AvgIpc) is 2.70. The van der Waals surface area contributed by atoms with Crippen LogP contribution in [0.15, 0.2) is 52.3 Å². The van der Waals surface area contributed by atoms with Gasteiger partial charge >= 0.3 is 0 Å². The topological polar surface area (TPSA) is 66.5 Å². The third kappa shape index (κ3) is 4.90. The summed E-state index contributed by atoms with van der Waals surface area (Å²) in [7, 11) is -3.51. The van der Waals surface area contributed by atoms with Crippen molar-refractivity contribution in [1.82, 2.24) is 4.31 Å². The van der Waals surface area contributed by atoms with Crippen molar-refractivity contribution in [1.29, 1.82) is 0 Å². The molecule has 1 amide bonds. The molecule has 3 rings (SSSR count). The Bertz CT molecular complexity index is 954. The molecule has 5 nitrogen and oxygen atoms in total. The number of carbonyl (C=O) groups is 1. The van der Waals surface area contributed by atoms with Crippen LogP contribution in [0.1, 0.15) is 18.4 Å². The smallest absolute Gasteiger partial charge is 0.243 e. The maximum atomic E-state index is 12.8. The number of thioether (sulfide) groups is 1. The molecule has 150 valence electrons. The summed E-state index contributed by atoms with van der Waals surface area (Å²) in [5, 5.41) is 2.99. The molecule has 1 saturated heterocycles. The predicted octanol–water partition coefficient (Wildman–Crippen LogP) is 4.36. The quantitative estimate of drug-likeness (QED) is 0.461. The first-order valence-corrected chi connectivity index (χ1v) is 12.8. The van der Waals surface area contributed by atoms with E-state index >= 15 is 0 Å². The molecule has 1 N–H and O–H groups in total. The number of aryl methyl sites for hydroxylation is 1. The molecule has 2 aromatic carbocycles. The third-order valence-corrected chi connectivity index (χ3v) is 8.30. The molecular formula is C20H23IN2O3S2. The summed E-state index contributed by atoms with van der Waals surface area (Å²) >= 11 is 3.82. The molecule has 0 atom stereocenters. The summed E-state index contributed by atoms with van der Waals surface area (Å²) in [5.41, 5.74) is 1.84. The molecule has 0 aromatic heterocycles. The number of carbonyl (C=O) groups excluding carboxylic acids is 1. The number of hydrogen-bond acceptors (Lipinski definition) is 4. The van der Waals surface area contributed by atoms with Crippen LogP contribution in [0.2, 0.25) is 0 Å². The number of hydrogen-bond donors (Lipinski definition) is 1. The Morgan fingerprint density at radius 3 is 2.36 bits per heavy atom. The lowest BCUT2D eigenvalue weighted by Gasteiger charge is -2.30. The highest BCUT2D eigenvalue weighted by molar-refractivity contribution is 14.1. The van der Waals surface area contributed by atoms with Crippen molar-refractivity contribution >= 4 is 56.0 Å². The monoisotopic (exact) mass is 530 g/mol. The van der Waals surface area contributed by atoms with Crippen molar-refractivity contribution in [3.05, 3.63) is 51.6 Å². The molecule has 2 aromatic rings. The van der Waals surface area contributed by atoms with Crippen molar-refractivity contribution in [2.45, 2.75) is 29.6 Å². The zero-order valence-electron chi connectivity index (χ0n) is 15.8. The number of benzene rings is 2. The van der Waals surface area contributed by atoms with Gasteiger partial charge in [0.05, 0.1) is 4.90 Å². The van der Waals surface area contributed by atoms with E-state index in [1.165, 1.54) is 4.31 Å². The molecule has 1 aliphatic heterocycles. The maximum absolute atomic E-state index is 12.8. The molecule has 28 heavy (non-hydrogen) atoms. The number of halogens is 1. The Morgan fingerprint density at radius 1 is 1.14 bits per heavy atom. The van der Waals surface area contributed by atoms with Crippen molar-refractivity contribution in [2.24, 2.45) is 5.92 Å². The van der Waals surface area contributed by atoms with Crippen LogP contribution in [0.25, 0.3) is 0 Å². The van der Waals surface area contributed by atoms with E-state index in [9.17, 15) is 13.2 Å². The predicted molar refractivity (Wildman–Crippen MR) is 122 cm³/mol. The van der Waals surface area contributed by atoms with Gasteiger partial charge in [0.25, 0.3) is 0 Å². The van der Waals surface area contributed by atoms with Gasteiger partial charge in [-0.3, -0.25) is 4.79 Å². The Balaban J connectivity index is 1.62. The lowest BCUT2D eigenvalue weighted by molar-refractivity contribution is -0.120. The lowest BCUT2D eigenvalue weighted by atomic mass is 9.97. The SMILES string of the molecule is CSc1ccc(S(=O)(=O)N2CCC(C(=O)Nc3ccc(I)cc3C)CC2)cc1. The van der Waals surface area contributed by atoms with Crippen molar-refractivity contribution < 1.29 is 13.2 Å². The van der Waals surface area contributed by atoms with E-state index in [1.54, 1.807) is 23.9 Å². The van der Waals surface area contributed by atoms with Gasteiger partial charge in [-0.25, -0.2) is 8.42 Å². The van der Waals surface area contributed by atoms with Gasteiger partial charge in [0.15, 0.2) is 0 Å². The van der Waals surface area contributed by atoms with Gasteiger partial charge in [-0.2, -0.15) is 4.31 Å². The van der Waals surface area contributed by atoms with Gasteiger partial charge in [-0.05, 0) is 96.6 Å². The molecule has 0 radical (unpaired) electrons. The fourth-order valence-corrected chi connectivity index (χ4v) is 5.78. The van der Waals surface area contributed by atoms with Crippen LogP contribution in [-0.4, -0.2) is 38.0 Å². The molecule has 1 fully saturated rings. The molecule has 8 heteroatoms. The number of sulfonamides is 1. The van der Waals surface area contributed by atoms with Gasteiger partial charge in [0.1, 0.15) is 0 Å². The fraction of sp³-hybridized carbons (Fsp3) is 0.350. The van der Waals surface area contributed by atoms with Crippen LogP contribution < -0.4 is 5.32 Å². The number of anilines is 1. The lowest BCUT2D eigenvalue weighted by Crippen LogP contribution is -2.41. The zero-order valence-corrected chi connectivity index (χ0v) is 19.6. The van der Waals surface area contributed by atoms with Gasteiger partial charge in [-0.1, -0.05) is 0 Å². The Kier molecular flexibility index (Phi) is 7.06. The van der Waals surface area contributed by atoms with E-state index in [-0.39, 0.29) is 11.8 Å². The molecule has 0 spiro atoms. The van der Waals surface area contributed by atoms with Crippen LogP contribution >= 0.6 is 34.4 Å². The standard InChI is InChI=1S/C20H23IN2O3S2/c1-14-13-16(21)3-8-19(14)22-20(24)15-9-11-23(12-10-15)28(25,26)18-6-4-17(27-2)5-7-18/h3-8,13,15H,9-12H2,1-2H3,(H,22,24).